The summed E-state index contributed by atoms with van der Waals surface area (Å²) in [6.07, 6.45) is 2.26. The fourth-order valence-electron chi connectivity index (χ4n) is 2.98. The third-order valence-electron chi connectivity index (χ3n) is 4.76. The molecule has 4 aromatic rings. The van der Waals surface area contributed by atoms with Gasteiger partial charge in [0.05, 0.1) is 23.1 Å². The van der Waals surface area contributed by atoms with Crippen LogP contribution in [0.3, 0.4) is 0 Å². The fraction of sp³-hybridized carbons (Fsp3) is 0. The van der Waals surface area contributed by atoms with Crippen molar-refractivity contribution < 1.29 is 71.0 Å². The molecule has 4 aromatic carbocycles. The Labute approximate surface area is 248 Å². The summed E-state index contributed by atoms with van der Waals surface area (Å²) in [4.78, 5) is 47.0. The molecule has 0 aromatic heterocycles. The maximum Gasteiger partial charge on any atom is 3.00 e. The third-order valence-corrected chi connectivity index (χ3v) is 4.76. The predicted molar refractivity (Wildman–Crippen MR) is 137 cm³/mol. The van der Waals surface area contributed by atoms with Gasteiger partial charge in [0.25, 0.3) is 0 Å². The first-order chi connectivity index (χ1) is 16.5. The molecule has 0 heterocycles. The van der Waals surface area contributed by atoms with E-state index in [1.54, 1.807) is 97.1 Å². The standard InChI is InChI=1S/2C15H11O2.Nd.2H2O/c2*16-14(12-7-3-1-4-8-12)11-15(17)13-9-5-2-6-10-13;;;/h2*1-11H;;2*1H2/q2*-1;+3;;/p-1. The maximum atomic E-state index is 11.8. The van der Waals surface area contributed by atoms with Gasteiger partial charge in [-0.2, -0.15) is 0 Å². The Morgan fingerprint density at radius 3 is 0.703 bits per heavy atom. The SMILES string of the molecule is O.O=C([CH-]C(=O)c1ccccc1)c1ccccc1.O=C([CH-]C(=O)c1ccccc1)c1ccccc1.[Nd+3].[OH-]. The minimum Gasteiger partial charge on any atom is -0.870 e. The minimum atomic E-state index is -0.264. The van der Waals surface area contributed by atoms with Gasteiger partial charge >= 0.3 is 40.8 Å². The summed E-state index contributed by atoms with van der Waals surface area (Å²) in [7, 11) is 0. The van der Waals surface area contributed by atoms with Gasteiger partial charge in [0.2, 0.25) is 0 Å². The topological polar surface area (TPSA) is 130 Å². The van der Waals surface area contributed by atoms with Crippen LogP contribution in [0.2, 0.25) is 0 Å². The Bertz CT molecular complexity index is 1040. The molecule has 0 aliphatic carbocycles. The summed E-state index contributed by atoms with van der Waals surface area (Å²) in [6.45, 7) is 0. The molecule has 0 amide bonds. The molecular weight excluding hydrogens is 601 g/mol. The number of hydrogen-bond donors (Lipinski definition) is 0. The van der Waals surface area contributed by atoms with Crippen molar-refractivity contribution in [1.29, 1.82) is 0 Å². The zero-order valence-electron chi connectivity index (χ0n) is 19.8. The average molecular weight is 626 g/mol. The number of Topliss-reactive ketones (excluding diaryl/α,β-unsaturated/α-hetero) is 4. The summed E-state index contributed by atoms with van der Waals surface area (Å²) in [6, 6.07) is 35.0. The van der Waals surface area contributed by atoms with Crippen LogP contribution in [0.15, 0.2) is 121 Å². The van der Waals surface area contributed by atoms with Crippen molar-refractivity contribution in [2.24, 2.45) is 0 Å². The Kier molecular flexibility index (Phi) is 16.3. The van der Waals surface area contributed by atoms with Gasteiger partial charge in [0.1, 0.15) is 0 Å². The van der Waals surface area contributed by atoms with Gasteiger partial charge in [-0.1, -0.05) is 108 Å². The molecule has 185 valence electrons. The van der Waals surface area contributed by atoms with Gasteiger partial charge in [-0.05, 0) is 0 Å². The third kappa shape index (κ3) is 11.0. The largest absolute Gasteiger partial charge is 3.00 e. The number of carbonyl (C=O) groups excluding carboxylic acids is 4. The molecular formula is C30H25NdO6. The second kappa shape index (κ2) is 17.9. The minimum absolute atomic E-state index is 0. The Morgan fingerprint density at radius 1 is 0.378 bits per heavy atom. The van der Waals surface area contributed by atoms with Crippen LogP contribution in [0.25, 0.3) is 0 Å². The molecule has 0 unspecified atom stereocenters. The first-order valence-corrected chi connectivity index (χ1v) is 10.6. The van der Waals surface area contributed by atoms with Gasteiger partial charge in [-0.25, -0.2) is 0 Å². The molecule has 7 heteroatoms. The van der Waals surface area contributed by atoms with Gasteiger partial charge in [0.15, 0.2) is 0 Å². The van der Waals surface area contributed by atoms with E-state index in [2.05, 4.69) is 0 Å². The van der Waals surface area contributed by atoms with E-state index in [4.69, 9.17) is 0 Å². The number of carbonyl (C=O) groups is 4. The first-order valence-electron chi connectivity index (χ1n) is 10.6. The van der Waals surface area contributed by atoms with Crippen LogP contribution in [-0.4, -0.2) is 34.1 Å². The van der Waals surface area contributed by atoms with Crippen LogP contribution in [0.1, 0.15) is 41.4 Å². The van der Waals surface area contributed by atoms with Crippen molar-refractivity contribution in [1.82, 2.24) is 0 Å². The molecule has 0 aliphatic heterocycles. The Hall–Kier alpha value is -3.43. The van der Waals surface area contributed by atoms with Crippen molar-refractivity contribution in [3.05, 3.63) is 156 Å². The van der Waals surface area contributed by atoms with Crippen LogP contribution >= 0.6 is 0 Å². The van der Waals surface area contributed by atoms with Crippen LogP contribution in [0, 0.1) is 53.7 Å². The van der Waals surface area contributed by atoms with Gasteiger partial charge < -0.3 is 30.1 Å². The molecule has 0 saturated carbocycles. The summed E-state index contributed by atoms with van der Waals surface area (Å²) < 4.78 is 0. The summed E-state index contributed by atoms with van der Waals surface area (Å²) in [5.41, 5.74) is 2.10. The van der Waals surface area contributed by atoms with E-state index < -0.39 is 0 Å². The second-order valence-electron chi connectivity index (χ2n) is 7.21. The van der Waals surface area contributed by atoms with Crippen LogP contribution in [-0.2, 0) is 0 Å². The smallest absolute Gasteiger partial charge is 0.870 e. The molecule has 0 saturated heterocycles. The van der Waals surface area contributed by atoms with E-state index in [1.165, 1.54) is 0 Å². The average Bonchev–Trinajstić information content (AvgIpc) is 2.91. The maximum absolute atomic E-state index is 11.8. The molecule has 1 radical (unpaired) electrons. The van der Waals surface area contributed by atoms with Gasteiger partial charge in [-0.15, -0.1) is 48.5 Å². The van der Waals surface area contributed by atoms with Crippen LogP contribution in [0.4, 0.5) is 0 Å². The number of ketones is 4. The molecule has 0 spiro atoms. The van der Waals surface area contributed by atoms with Crippen molar-refractivity contribution in [2.45, 2.75) is 0 Å². The molecule has 37 heavy (non-hydrogen) atoms. The Morgan fingerprint density at radius 2 is 0.541 bits per heavy atom. The first kappa shape index (κ1) is 33.6. The molecule has 0 atom stereocenters. The van der Waals surface area contributed by atoms with E-state index in [9.17, 15) is 19.2 Å². The van der Waals surface area contributed by atoms with Gasteiger partial charge in [-0.3, -0.25) is 0 Å². The van der Waals surface area contributed by atoms with Gasteiger partial charge in [0, 0.05) is 0 Å². The fourth-order valence-corrected chi connectivity index (χ4v) is 2.98. The molecule has 4 rings (SSSR count). The molecule has 0 bridgehead atoms. The summed E-state index contributed by atoms with van der Waals surface area (Å²) in [5.74, 6) is -1.06. The Balaban J connectivity index is 0.000000648. The quantitative estimate of drug-likeness (QED) is 0.156. The van der Waals surface area contributed by atoms with E-state index in [0.29, 0.717) is 22.3 Å². The predicted octanol–water partition coefficient (Wildman–Crippen LogP) is 4.91. The van der Waals surface area contributed by atoms with E-state index in [-0.39, 0.29) is 74.9 Å². The number of benzene rings is 4. The molecule has 0 fully saturated rings. The summed E-state index contributed by atoms with van der Waals surface area (Å²) in [5, 5.41) is 0. The van der Waals surface area contributed by atoms with E-state index in [0.717, 1.165) is 12.8 Å². The monoisotopic (exact) mass is 623 g/mol. The molecule has 0 aliphatic rings. The van der Waals surface area contributed by atoms with Crippen molar-refractivity contribution >= 4 is 23.1 Å². The van der Waals surface area contributed by atoms with Crippen LogP contribution < -0.4 is 0 Å². The summed E-state index contributed by atoms with van der Waals surface area (Å²) >= 11 is 0. The zero-order chi connectivity index (χ0) is 24.2. The van der Waals surface area contributed by atoms with E-state index >= 15 is 0 Å². The zero-order valence-corrected chi connectivity index (χ0v) is 23.0. The van der Waals surface area contributed by atoms with Crippen molar-refractivity contribution in [3.63, 3.8) is 0 Å². The van der Waals surface area contributed by atoms with E-state index in [1.807, 2.05) is 24.3 Å². The number of hydrogen-bond acceptors (Lipinski definition) is 5. The van der Waals surface area contributed by atoms with Crippen molar-refractivity contribution in [2.75, 3.05) is 0 Å². The second-order valence-corrected chi connectivity index (χ2v) is 7.21. The molecule has 3 N–H and O–H groups in total. The number of rotatable bonds is 8. The molecule has 6 nitrogen and oxygen atoms in total. The van der Waals surface area contributed by atoms with Crippen LogP contribution in [0.5, 0.6) is 0 Å². The van der Waals surface area contributed by atoms with Crippen molar-refractivity contribution in [3.8, 4) is 0 Å². The normalized spacial score (nSPS) is 8.86.